The number of halogens is 1. The molecule has 0 atom stereocenters. The highest BCUT2D eigenvalue weighted by molar-refractivity contribution is 5.94. The summed E-state index contributed by atoms with van der Waals surface area (Å²) in [6.45, 7) is 0.183. The molecule has 0 unspecified atom stereocenters. The lowest BCUT2D eigenvalue weighted by Gasteiger charge is -2.17. The molecule has 1 heterocycles. The van der Waals surface area contributed by atoms with Crippen molar-refractivity contribution in [2.24, 2.45) is 0 Å². The van der Waals surface area contributed by atoms with Crippen LogP contribution in [0.1, 0.15) is 22.3 Å². The zero-order valence-electron chi connectivity index (χ0n) is 15.1. The minimum Gasteiger partial charge on any atom is -0.484 e. The van der Waals surface area contributed by atoms with Gasteiger partial charge in [-0.05, 0) is 42.3 Å². The van der Waals surface area contributed by atoms with Crippen LogP contribution >= 0.6 is 0 Å². The van der Waals surface area contributed by atoms with E-state index in [1.54, 1.807) is 24.3 Å². The maximum Gasteiger partial charge on any atom is 0.258 e. The summed E-state index contributed by atoms with van der Waals surface area (Å²) in [6, 6.07) is 10.9. The summed E-state index contributed by atoms with van der Waals surface area (Å²) in [5.74, 6) is -0.946. The third-order valence-corrected chi connectivity index (χ3v) is 4.19. The summed E-state index contributed by atoms with van der Waals surface area (Å²) in [7, 11) is 0. The first kappa shape index (κ1) is 19.3. The fourth-order valence-corrected chi connectivity index (χ4v) is 2.77. The summed E-state index contributed by atoms with van der Waals surface area (Å²) < 4.78 is 19.0. The Morgan fingerprint density at radius 3 is 2.68 bits per heavy atom. The first-order valence-corrected chi connectivity index (χ1v) is 8.88. The largest absolute Gasteiger partial charge is 0.484 e. The molecule has 146 valence electrons. The number of hydrogen-bond donors (Lipinski definition) is 3. The van der Waals surface area contributed by atoms with Gasteiger partial charge in [0.25, 0.3) is 11.8 Å². The molecule has 0 bridgehead atoms. The Morgan fingerprint density at radius 1 is 1.07 bits per heavy atom. The third-order valence-electron chi connectivity index (χ3n) is 4.19. The van der Waals surface area contributed by atoms with Crippen LogP contribution < -0.4 is 20.7 Å². The molecule has 1 aliphatic rings. The molecule has 0 aromatic heterocycles. The Hall–Kier alpha value is -3.42. The minimum atomic E-state index is -0.595. The SMILES string of the molecule is O=C(COc1ccc2c(c1)CCC(=O)N2)NCCNC(=O)c1ccccc1F. The monoisotopic (exact) mass is 385 g/mol. The number of amides is 3. The molecular weight excluding hydrogens is 365 g/mol. The number of anilines is 1. The second kappa shape index (κ2) is 8.98. The van der Waals surface area contributed by atoms with Crippen molar-refractivity contribution in [3.8, 4) is 5.75 Å². The van der Waals surface area contributed by atoms with E-state index >= 15 is 0 Å². The lowest BCUT2D eigenvalue weighted by Crippen LogP contribution is -2.37. The average Bonchev–Trinajstić information content (AvgIpc) is 2.69. The predicted octanol–water partition coefficient (Wildman–Crippen LogP) is 1.64. The summed E-state index contributed by atoms with van der Waals surface area (Å²) in [5, 5.41) is 7.93. The smallest absolute Gasteiger partial charge is 0.258 e. The Labute approximate surface area is 161 Å². The summed E-state index contributed by atoms with van der Waals surface area (Å²) in [6.07, 6.45) is 1.06. The first-order chi connectivity index (χ1) is 13.5. The standard InChI is InChI=1S/C20H20FN3O4/c21-16-4-2-1-3-15(16)20(27)23-10-9-22-19(26)12-28-14-6-7-17-13(11-14)5-8-18(25)24-17/h1-4,6-7,11H,5,8-10,12H2,(H,22,26)(H,23,27)(H,24,25). The number of carbonyl (C=O) groups is 3. The molecule has 0 aliphatic carbocycles. The number of benzene rings is 2. The van der Waals surface area contributed by atoms with Crippen molar-refractivity contribution in [2.75, 3.05) is 25.0 Å². The van der Waals surface area contributed by atoms with E-state index in [-0.39, 0.29) is 37.1 Å². The van der Waals surface area contributed by atoms with Crippen molar-refractivity contribution < 1.29 is 23.5 Å². The Balaban J connectivity index is 1.38. The van der Waals surface area contributed by atoms with Crippen molar-refractivity contribution in [2.45, 2.75) is 12.8 Å². The van der Waals surface area contributed by atoms with Crippen LogP contribution in [0.3, 0.4) is 0 Å². The Kier molecular flexibility index (Phi) is 6.21. The molecule has 0 spiro atoms. The van der Waals surface area contributed by atoms with Gasteiger partial charge < -0.3 is 20.7 Å². The van der Waals surface area contributed by atoms with Crippen LogP contribution in [-0.4, -0.2) is 37.4 Å². The van der Waals surface area contributed by atoms with E-state index in [9.17, 15) is 18.8 Å². The highest BCUT2D eigenvalue weighted by Crippen LogP contribution is 2.26. The predicted molar refractivity (Wildman–Crippen MR) is 101 cm³/mol. The van der Waals surface area contributed by atoms with Gasteiger partial charge in [-0.1, -0.05) is 12.1 Å². The molecule has 0 fully saturated rings. The number of ether oxygens (including phenoxy) is 1. The molecule has 0 saturated heterocycles. The fourth-order valence-electron chi connectivity index (χ4n) is 2.77. The van der Waals surface area contributed by atoms with Crippen molar-refractivity contribution in [3.63, 3.8) is 0 Å². The van der Waals surface area contributed by atoms with E-state index in [4.69, 9.17) is 4.74 Å². The van der Waals surface area contributed by atoms with Gasteiger partial charge in [0.15, 0.2) is 6.61 Å². The van der Waals surface area contributed by atoms with Crippen LogP contribution in [0.15, 0.2) is 42.5 Å². The fraction of sp³-hybridized carbons (Fsp3) is 0.250. The molecule has 0 saturated carbocycles. The van der Waals surface area contributed by atoms with Gasteiger partial charge in [-0.3, -0.25) is 14.4 Å². The van der Waals surface area contributed by atoms with Crippen LogP contribution in [0.4, 0.5) is 10.1 Å². The second-order valence-corrected chi connectivity index (χ2v) is 6.24. The van der Waals surface area contributed by atoms with Crippen LogP contribution in [0.5, 0.6) is 5.75 Å². The van der Waals surface area contributed by atoms with E-state index in [1.807, 2.05) is 0 Å². The van der Waals surface area contributed by atoms with Crippen LogP contribution in [0.2, 0.25) is 0 Å². The van der Waals surface area contributed by atoms with E-state index in [1.165, 1.54) is 18.2 Å². The lowest BCUT2D eigenvalue weighted by atomic mass is 10.0. The molecule has 3 N–H and O–H groups in total. The number of rotatable bonds is 7. The highest BCUT2D eigenvalue weighted by Gasteiger charge is 2.15. The van der Waals surface area contributed by atoms with Gasteiger partial charge in [0.1, 0.15) is 11.6 Å². The van der Waals surface area contributed by atoms with E-state index in [2.05, 4.69) is 16.0 Å². The number of fused-ring (bicyclic) bond motifs is 1. The first-order valence-electron chi connectivity index (χ1n) is 8.88. The van der Waals surface area contributed by atoms with Gasteiger partial charge in [-0.25, -0.2) is 4.39 Å². The minimum absolute atomic E-state index is 0.0114. The van der Waals surface area contributed by atoms with Crippen LogP contribution in [0, 0.1) is 5.82 Å². The number of aryl methyl sites for hydroxylation is 1. The van der Waals surface area contributed by atoms with Crippen molar-refractivity contribution in [1.82, 2.24) is 10.6 Å². The molecule has 2 aromatic rings. The van der Waals surface area contributed by atoms with Crippen molar-refractivity contribution in [3.05, 3.63) is 59.4 Å². The molecule has 28 heavy (non-hydrogen) atoms. The van der Waals surface area contributed by atoms with Gasteiger partial charge in [-0.15, -0.1) is 0 Å². The maximum absolute atomic E-state index is 13.5. The summed E-state index contributed by atoms with van der Waals surface area (Å²) in [4.78, 5) is 35.0. The molecule has 8 heteroatoms. The van der Waals surface area contributed by atoms with Crippen molar-refractivity contribution in [1.29, 1.82) is 0 Å². The lowest BCUT2D eigenvalue weighted by molar-refractivity contribution is -0.123. The maximum atomic E-state index is 13.5. The van der Waals surface area contributed by atoms with Gasteiger partial charge in [0.05, 0.1) is 5.56 Å². The topological polar surface area (TPSA) is 96.5 Å². The van der Waals surface area contributed by atoms with E-state index < -0.39 is 11.7 Å². The number of carbonyl (C=O) groups excluding carboxylic acids is 3. The number of hydrogen-bond acceptors (Lipinski definition) is 4. The summed E-state index contributed by atoms with van der Waals surface area (Å²) in [5.41, 5.74) is 1.69. The van der Waals surface area contributed by atoms with Crippen LogP contribution in [0.25, 0.3) is 0 Å². The molecule has 7 nitrogen and oxygen atoms in total. The van der Waals surface area contributed by atoms with E-state index in [0.29, 0.717) is 18.6 Å². The highest BCUT2D eigenvalue weighted by atomic mass is 19.1. The van der Waals surface area contributed by atoms with Gasteiger partial charge in [0.2, 0.25) is 5.91 Å². The van der Waals surface area contributed by atoms with Crippen molar-refractivity contribution >= 4 is 23.4 Å². The molecule has 0 radical (unpaired) electrons. The zero-order chi connectivity index (χ0) is 19.9. The third kappa shape index (κ3) is 5.06. The Morgan fingerprint density at radius 2 is 1.86 bits per heavy atom. The van der Waals surface area contributed by atoms with E-state index in [0.717, 1.165) is 11.3 Å². The molecular formula is C20H20FN3O4. The molecule has 2 aromatic carbocycles. The van der Waals surface area contributed by atoms with Gasteiger partial charge in [0, 0.05) is 25.2 Å². The number of nitrogens with one attached hydrogen (secondary N) is 3. The normalized spacial score (nSPS) is 12.5. The van der Waals surface area contributed by atoms with Gasteiger partial charge in [-0.2, -0.15) is 0 Å². The molecule has 3 rings (SSSR count). The second-order valence-electron chi connectivity index (χ2n) is 6.24. The molecule has 1 aliphatic heterocycles. The molecule has 3 amide bonds. The van der Waals surface area contributed by atoms with Crippen LogP contribution in [-0.2, 0) is 16.0 Å². The van der Waals surface area contributed by atoms with Gasteiger partial charge >= 0.3 is 0 Å². The summed E-state index contributed by atoms with van der Waals surface area (Å²) >= 11 is 0. The zero-order valence-corrected chi connectivity index (χ0v) is 15.1. The quantitative estimate of drug-likeness (QED) is 0.631. The Bertz CT molecular complexity index is 901. The average molecular weight is 385 g/mol.